The second-order valence-corrected chi connectivity index (χ2v) is 1.73. The standard InChI is InChI=1S/C7H5FO2.C2H6/c8-10-7(9)6-4-2-1-3-5-6;1-2/h1-5H;1-2H3. The van der Waals surface area contributed by atoms with E-state index in [2.05, 4.69) is 4.94 Å². The average molecular weight is 170 g/mol. The van der Waals surface area contributed by atoms with Gasteiger partial charge in [-0.05, 0) is 12.1 Å². The summed E-state index contributed by atoms with van der Waals surface area (Å²) < 4.78 is 11.2. The highest BCUT2D eigenvalue weighted by atomic mass is 19.3. The molecule has 0 N–H and O–H groups in total. The van der Waals surface area contributed by atoms with Crippen LogP contribution < -0.4 is 0 Å². The molecule has 0 bridgehead atoms. The molecular weight excluding hydrogens is 159 g/mol. The summed E-state index contributed by atoms with van der Waals surface area (Å²) in [5.74, 6) is -0.958. The molecule has 12 heavy (non-hydrogen) atoms. The summed E-state index contributed by atoms with van der Waals surface area (Å²) >= 11 is 0. The predicted molar refractivity (Wildman–Crippen MR) is 44.3 cm³/mol. The third-order valence-electron chi connectivity index (χ3n) is 1.08. The Labute approximate surface area is 70.9 Å². The van der Waals surface area contributed by atoms with Crippen LogP contribution in [0.2, 0.25) is 0 Å². The summed E-state index contributed by atoms with van der Waals surface area (Å²) in [4.78, 5) is 13.4. The van der Waals surface area contributed by atoms with Crippen molar-refractivity contribution in [2.24, 2.45) is 0 Å². The van der Waals surface area contributed by atoms with Crippen molar-refractivity contribution in [2.75, 3.05) is 0 Å². The van der Waals surface area contributed by atoms with Crippen LogP contribution in [0.15, 0.2) is 30.3 Å². The van der Waals surface area contributed by atoms with E-state index in [-0.39, 0.29) is 5.56 Å². The van der Waals surface area contributed by atoms with Crippen LogP contribution in [0.5, 0.6) is 0 Å². The Kier molecular flexibility index (Phi) is 5.61. The van der Waals surface area contributed by atoms with E-state index in [1.807, 2.05) is 13.8 Å². The molecule has 0 fully saturated rings. The van der Waals surface area contributed by atoms with Gasteiger partial charge in [0.2, 0.25) is 0 Å². The lowest BCUT2D eigenvalue weighted by Crippen LogP contribution is -1.96. The van der Waals surface area contributed by atoms with Gasteiger partial charge in [0.1, 0.15) is 0 Å². The number of halogens is 1. The highest BCUT2D eigenvalue weighted by molar-refractivity contribution is 5.88. The fourth-order valence-corrected chi connectivity index (χ4v) is 0.619. The van der Waals surface area contributed by atoms with Gasteiger partial charge in [0.25, 0.3) is 0 Å². The number of benzene rings is 1. The molecule has 0 saturated carbocycles. The molecule has 1 aromatic rings. The minimum Gasteiger partial charge on any atom is -0.249 e. The van der Waals surface area contributed by atoms with Crippen molar-refractivity contribution < 1.29 is 14.3 Å². The van der Waals surface area contributed by atoms with Crippen molar-refractivity contribution in [3.05, 3.63) is 35.9 Å². The summed E-state index contributed by atoms with van der Waals surface area (Å²) in [6.07, 6.45) is 0. The van der Waals surface area contributed by atoms with Gasteiger partial charge < -0.3 is 0 Å². The summed E-state index contributed by atoms with van der Waals surface area (Å²) in [5, 5.41) is 0. The molecule has 0 radical (unpaired) electrons. The molecular formula is C9H11FO2. The van der Waals surface area contributed by atoms with Crippen LogP contribution in [0, 0.1) is 0 Å². The molecule has 0 aliphatic carbocycles. The summed E-state index contributed by atoms with van der Waals surface area (Å²) in [6.45, 7) is 4.00. The summed E-state index contributed by atoms with van der Waals surface area (Å²) in [5.41, 5.74) is 0.213. The molecule has 0 spiro atoms. The Hall–Kier alpha value is -1.38. The number of hydrogen-bond donors (Lipinski definition) is 0. The quantitative estimate of drug-likeness (QED) is 0.647. The van der Waals surface area contributed by atoms with Gasteiger partial charge >= 0.3 is 5.97 Å². The fraction of sp³-hybridized carbons (Fsp3) is 0.222. The van der Waals surface area contributed by atoms with Gasteiger partial charge in [-0.2, -0.15) is 0 Å². The molecule has 0 aliphatic rings. The molecule has 1 aromatic carbocycles. The maximum atomic E-state index is 11.2. The van der Waals surface area contributed by atoms with Crippen LogP contribution in [-0.4, -0.2) is 5.97 Å². The van der Waals surface area contributed by atoms with E-state index in [0.717, 1.165) is 0 Å². The lowest BCUT2D eigenvalue weighted by molar-refractivity contribution is -0.0788. The zero-order valence-corrected chi connectivity index (χ0v) is 7.08. The molecule has 66 valence electrons. The average Bonchev–Trinajstić information content (AvgIpc) is 2.21. The van der Waals surface area contributed by atoms with Crippen molar-refractivity contribution in [1.29, 1.82) is 0 Å². The van der Waals surface area contributed by atoms with Crippen LogP contribution >= 0.6 is 0 Å². The molecule has 0 unspecified atom stereocenters. The van der Waals surface area contributed by atoms with Gasteiger partial charge in [-0.3, -0.25) is 0 Å². The Balaban J connectivity index is 0.000000561. The minimum absolute atomic E-state index is 0.213. The van der Waals surface area contributed by atoms with Crippen molar-refractivity contribution in [2.45, 2.75) is 13.8 Å². The van der Waals surface area contributed by atoms with E-state index in [1.54, 1.807) is 18.2 Å². The molecule has 0 amide bonds. The van der Waals surface area contributed by atoms with Gasteiger partial charge in [-0.1, -0.05) is 32.0 Å². The molecule has 3 heteroatoms. The van der Waals surface area contributed by atoms with Gasteiger partial charge in [-0.15, -0.1) is 0 Å². The van der Waals surface area contributed by atoms with E-state index in [9.17, 15) is 9.32 Å². The third kappa shape index (κ3) is 3.14. The number of hydrogen-bond acceptors (Lipinski definition) is 2. The minimum atomic E-state index is -0.958. The van der Waals surface area contributed by atoms with E-state index in [0.29, 0.717) is 0 Å². The van der Waals surface area contributed by atoms with Gasteiger partial charge in [0.15, 0.2) is 0 Å². The first-order valence-electron chi connectivity index (χ1n) is 3.72. The highest BCUT2D eigenvalue weighted by Gasteiger charge is 2.04. The topological polar surface area (TPSA) is 26.3 Å². The predicted octanol–water partition coefficient (Wildman–Crippen LogP) is 2.75. The maximum absolute atomic E-state index is 11.2. The van der Waals surface area contributed by atoms with Crippen molar-refractivity contribution in [3.8, 4) is 0 Å². The molecule has 0 heterocycles. The van der Waals surface area contributed by atoms with E-state index in [4.69, 9.17) is 0 Å². The van der Waals surface area contributed by atoms with Gasteiger partial charge in [0, 0.05) is 4.53 Å². The molecule has 1 rings (SSSR count). The largest absolute Gasteiger partial charge is 0.379 e. The Morgan fingerprint density at radius 1 is 1.25 bits per heavy atom. The molecule has 0 aliphatic heterocycles. The second-order valence-electron chi connectivity index (χ2n) is 1.73. The molecule has 0 atom stereocenters. The van der Waals surface area contributed by atoms with Gasteiger partial charge in [-0.25, -0.2) is 9.74 Å². The zero-order valence-electron chi connectivity index (χ0n) is 7.08. The van der Waals surface area contributed by atoms with E-state index in [1.165, 1.54) is 12.1 Å². The first-order chi connectivity index (χ1) is 5.84. The monoisotopic (exact) mass is 170 g/mol. The second kappa shape index (κ2) is 6.34. The van der Waals surface area contributed by atoms with Crippen molar-refractivity contribution in [3.63, 3.8) is 0 Å². The Bertz CT molecular complexity index is 221. The number of carbonyl (C=O) groups excluding carboxylic acids is 1. The van der Waals surface area contributed by atoms with Crippen LogP contribution in [0.3, 0.4) is 0 Å². The number of rotatable bonds is 1. The highest BCUT2D eigenvalue weighted by Crippen LogP contribution is 2.00. The first-order valence-corrected chi connectivity index (χ1v) is 3.72. The summed E-state index contributed by atoms with van der Waals surface area (Å²) in [7, 11) is 0. The normalized spacial score (nSPS) is 7.92. The Morgan fingerprint density at radius 2 is 1.75 bits per heavy atom. The number of carbonyl (C=O) groups is 1. The van der Waals surface area contributed by atoms with Crippen LogP contribution in [0.25, 0.3) is 0 Å². The maximum Gasteiger partial charge on any atom is 0.379 e. The fourth-order valence-electron chi connectivity index (χ4n) is 0.619. The van der Waals surface area contributed by atoms with Crippen molar-refractivity contribution >= 4 is 5.97 Å². The Morgan fingerprint density at radius 3 is 2.17 bits per heavy atom. The van der Waals surface area contributed by atoms with E-state index < -0.39 is 5.97 Å². The zero-order chi connectivity index (χ0) is 9.40. The SMILES string of the molecule is CC.O=C(OF)c1ccccc1. The first kappa shape index (κ1) is 10.6. The molecule has 2 nitrogen and oxygen atoms in total. The lowest BCUT2D eigenvalue weighted by atomic mass is 10.2. The van der Waals surface area contributed by atoms with Crippen LogP contribution in [0.1, 0.15) is 24.2 Å². The molecule has 0 aromatic heterocycles. The lowest BCUT2D eigenvalue weighted by Gasteiger charge is -1.90. The van der Waals surface area contributed by atoms with Crippen molar-refractivity contribution in [1.82, 2.24) is 0 Å². The van der Waals surface area contributed by atoms with Gasteiger partial charge in [0.05, 0.1) is 5.56 Å². The molecule has 0 saturated heterocycles. The third-order valence-corrected chi connectivity index (χ3v) is 1.08. The van der Waals surface area contributed by atoms with E-state index >= 15 is 0 Å². The van der Waals surface area contributed by atoms with Crippen LogP contribution in [-0.2, 0) is 4.94 Å². The van der Waals surface area contributed by atoms with Crippen LogP contribution in [0.4, 0.5) is 4.53 Å². The smallest absolute Gasteiger partial charge is 0.249 e. The summed E-state index contributed by atoms with van der Waals surface area (Å²) in [6, 6.07) is 7.94.